The molecule has 1 N–H and O–H groups in total. The Kier molecular flexibility index (Phi) is 6.18. The molecule has 2 aliphatic heterocycles. The molecule has 0 aromatic heterocycles. The molecule has 0 bridgehead atoms. The van der Waals surface area contributed by atoms with Crippen molar-refractivity contribution < 1.29 is 13.9 Å². The fourth-order valence-electron chi connectivity index (χ4n) is 3.42. The van der Waals surface area contributed by atoms with Crippen LogP contribution in [0.3, 0.4) is 0 Å². The van der Waals surface area contributed by atoms with Crippen molar-refractivity contribution in [3.8, 4) is 0 Å². The van der Waals surface area contributed by atoms with Gasteiger partial charge < -0.3 is 10.1 Å². The summed E-state index contributed by atoms with van der Waals surface area (Å²) >= 11 is 0. The molecule has 132 valence electrons. The molecule has 2 heterocycles. The molecule has 1 atom stereocenters. The number of amides is 1. The minimum absolute atomic E-state index is 0.0697. The van der Waals surface area contributed by atoms with E-state index in [0.717, 1.165) is 57.8 Å². The molecule has 1 aromatic carbocycles. The number of likely N-dealkylation sites (tertiary alicyclic amines) is 1. The molecular formula is C18H26FN3O2. The number of rotatable bonds is 6. The van der Waals surface area contributed by atoms with E-state index in [2.05, 4.69) is 15.1 Å². The fraction of sp³-hybridized carbons (Fsp3) is 0.611. The van der Waals surface area contributed by atoms with E-state index in [4.69, 9.17) is 4.74 Å². The van der Waals surface area contributed by atoms with Gasteiger partial charge in [-0.2, -0.15) is 0 Å². The van der Waals surface area contributed by atoms with Crippen LogP contribution in [-0.2, 0) is 16.1 Å². The third-order valence-electron chi connectivity index (χ3n) is 4.80. The number of benzene rings is 1. The van der Waals surface area contributed by atoms with E-state index in [9.17, 15) is 9.18 Å². The maximum absolute atomic E-state index is 13.0. The van der Waals surface area contributed by atoms with Crippen LogP contribution in [0.25, 0.3) is 0 Å². The first-order chi connectivity index (χ1) is 11.7. The summed E-state index contributed by atoms with van der Waals surface area (Å²) in [4.78, 5) is 17.0. The van der Waals surface area contributed by atoms with Gasteiger partial charge in [0.25, 0.3) is 0 Å². The number of morpholine rings is 1. The Bertz CT molecular complexity index is 532. The summed E-state index contributed by atoms with van der Waals surface area (Å²) in [6, 6.07) is 6.47. The third kappa shape index (κ3) is 4.75. The second-order valence-corrected chi connectivity index (χ2v) is 6.50. The Morgan fingerprint density at radius 2 is 1.96 bits per heavy atom. The van der Waals surface area contributed by atoms with Gasteiger partial charge in [-0.1, -0.05) is 12.1 Å². The molecule has 0 aliphatic carbocycles. The van der Waals surface area contributed by atoms with Gasteiger partial charge in [0.2, 0.25) is 5.91 Å². The third-order valence-corrected chi connectivity index (χ3v) is 4.80. The van der Waals surface area contributed by atoms with Gasteiger partial charge in [-0.05, 0) is 37.1 Å². The first-order valence-corrected chi connectivity index (χ1v) is 8.79. The number of halogens is 1. The minimum Gasteiger partial charge on any atom is -0.379 e. The average molecular weight is 335 g/mol. The molecule has 1 amide bonds. The van der Waals surface area contributed by atoms with Crippen LogP contribution in [-0.4, -0.2) is 67.7 Å². The lowest BCUT2D eigenvalue weighted by Crippen LogP contribution is -2.46. The maximum atomic E-state index is 13.0. The molecular weight excluding hydrogens is 309 g/mol. The zero-order valence-electron chi connectivity index (χ0n) is 14.0. The highest BCUT2D eigenvalue weighted by Gasteiger charge is 2.30. The predicted octanol–water partition coefficient (Wildman–Crippen LogP) is 1.24. The summed E-state index contributed by atoms with van der Waals surface area (Å²) < 4.78 is 18.3. The topological polar surface area (TPSA) is 44.8 Å². The van der Waals surface area contributed by atoms with Crippen LogP contribution >= 0.6 is 0 Å². The predicted molar refractivity (Wildman–Crippen MR) is 90.1 cm³/mol. The van der Waals surface area contributed by atoms with Crippen molar-refractivity contribution in [1.82, 2.24) is 15.1 Å². The zero-order valence-corrected chi connectivity index (χ0v) is 14.0. The number of nitrogens with one attached hydrogen (secondary N) is 1. The van der Waals surface area contributed by atoms with Crippen molar-refractivity contribution in [3.05, 3.63) is 35.6 Å². The quantitative estimate of drug-likeness (QED) is 0.850. The van der Waals surface area contributed by atoms with E-state index in [0.29, 0.717) is 13.1 Å². The number of nitrogens with zero attached hydrogens (tertiary/aromatic N) is 2. The summed E-state index contributed by atoms with van der Waals surface area (Å²) in [6.45, 7) is 6.61. The number of hydrogen-bond acceptors (Lipinski definition) is 4. The van der Waals surface area contributed by atoms with Crippen LogP contribution in [0, 0.1) is 5.82 Å². The lowest BCUT2D eigenvalue weighted by Gasteiger charge is -2.27. The highest BCUT2D eigenvalue weighted by molar-refractivity contribution is 5.82. The SMILES string of the molecule is O=C(NCCN1CCOCC1)[C@H]1CCCN1Cc1ccc(F)cc1. The lowest BCUT2D eigenvalue weighted by molar-refractivity contribution is -0.125. The van der Waals surface area contributed by atoms with E-state index < -0.39 is 0 Å². The second kappa shape index (κ2) is 8.55. The van der Waals surface area contributed by atoms with E-state index in [-0.39, 0.29) is 17.8 Å². The van der Waals surface area contributed by atoms with Crippen molar-refractivity contribution in [3.63, 3.8) is 0 Å². The van der Waals surface area contributed by atoms with Crippen LogP contribution in [0.2, 0.25) is 0 Å². The van der Waals surface area contributed by atoms with Crippen molar-refractivity contribution >= 4 is 5.91 Å². The Balaban J connectivity index is 1.45. The Labute approximate surface area is 142 Å². The monoisotopic (exact) mass is 335 g/mol. The smallest absolute Gasteiger partial charge is 0.237 e. The highest BCUT2D eigenvalue weighted by atomic mass is 19.1. The molecule has 5 nitrogen and oxygen atoms in total. The molecule has 3 rings (SSSR count). The number of carbonyl (C=O) groups excluding carboxylic acids is 1. The molecule has 2 saturated heterocycles. The minimum atomic E-state index is -0.224. The normalized spacial score (nSPS) is 22.6. The summed E-state index contributed by atoms with van der Waals surface area (Å²) in [5.41, 5.74) is 1.05. The van der Waals surface area contributed by atoms with Gasteiger partial charge in [-0.3, -0.25) is 14.6 Å². The number of ether oxygens (including phenoxy) is 1. The molecule has 0 spiro atoms. The zero-order chi connectivity index (χ0) is 16.8. The standard InChI is InChI=1S/C18H26FN3O2/c19-16-5-3-15(4-6-16)14-22-8-1-2-17(22)18(23)20-7-9-21-10-12-24-13-11-21/h3-6,17H,1-2,7-14H2,(H,20,23)/t17-/m1/s1. The summed E-state index contributed by atoms with van der Waals surface area (Å²) in [6.07, 6.45) is 1.92. The Hall–Kier alpha value is -1.50. The molecule has 2 fully saturated rings. The summed E-state index contributed by atoms with van der Waals surface area (Å²) in [5, 5.41) is 3.07. The average Bonchev–Trinajstić information content (AvgIpc) is 3.06. The molecule has 0 saturated carbocycles. The summed E-state index contributed by atoms with van der Waals surface area (Å²) in [7, 11) is 0. The molecule has 1 aromatic rings. The molecule has 0 unspecified atom stereocenters. The summed E-state index contributed by atoms with van der Waals surface area (Å²) in [5.74, 6) is -0.111. The fourth-order valence-corrected chi connectivity index (χ4v) is 3.42. The van der Waals surface area contributed by atoms with E-state index in [1.165, 1.54) is 12.1 Å². The van der Waals surface area contributed by atoms with Gasteiger partial charge >= 0.3 is 0 Å². The Morgan fingerprint density at radius 1 is 1.21 bits per heavy atom. The van der Waals surface area contributed by atoms with E-state index in [1.807, 2.05) is 0 Å². The number of hydrogen-bond donors (Lipinski definition) is 1. The highest BCUT2D eigenvalue weighted by Crippen LogP contribution is 2.20. The van der Waals surface area contributed by atoms with Crippen molar-refractivity contribution in [2.45, 2.75) is 25.4 Å². The van der Waals surface area contributed by atoms with Crippen LogP contribution in [0.15, 0.2) is 24.3 Å². The van der Waals surface area contributed by atoms with Crippen molar-refractivity contribution in [2.75, 3.05) is 45.9 Å². The lowest BCUT2D eigenvalue weighted by atomic mass is 10.1. The Morgan fingerprint density at radius 3 is 2.71 bits per heavy atom. The van der Waals surface area contributed by atoms with Crippen molar-refractivity contribution in [2.24, 2.45) is 0 Å². The molecule has 2 aliphatic rings. The van der Waals surface area contributed by atoms with Gasteiger partial charge in [0, 0.05) is 32.7 Å². The number of carbonyl (C=O) groups is 1. The van der Waals surface area contributed by atoms with Gasteiger partial charge in [0.15, 0.2) is 0 Å². The van der Waals surface area contributed by atoms with E-state index >= 15 is 0 Å². The van der Waals surface area contributed by atoms with Crippen molar-refractivity contribution in [1.29, 1.82) is 0 Å². The first-order valence-electron chi connectivity index (χ1n) is 8.79. The van der Waals surface area contributed by atoms with Crippen LogP contribution in [0.4, 0.5) is 4.39 Å². The van der Waals surface area contributed by atoms with Gasteiger partial charge in [-0.25, -0.2) is 4.39 Å². The molecule has 0 radical (unpaired) electrons. The molecule has 6 heteroatoms. The first kappa shape index (κ1) is 17.3. The van der Waals surface area contributed by atoms with Gasteiger partial charge in [-0.15, -0.1) is 0 Å². The maximum Gasteiger partial charge on any atom is 0.237 e. The van der Waals surface area contributed by atoms with E-state index in [1.54, 1.807) is 12.1 Å². The van der Waals surface area contributed by atoms with Gasteiger partial charge in [0.05, 0.1) is 19.3 Å². The largest absolute Gasteiger partial charge is 0.379 e. The van der Waals surface area contributed by atoms with Crippen LogP contribution in [0.1, 0.15) is 18.4 Å². The van der Waals surface area contributed by atoms with Crippen LogP contribution in [0.5, 0.6) is 0 Å². The second-order valence-electron chi connectivity index (χ2n) is 6.50. The van der Waals surface area contributed by atoms with Crippen LogP contribution < -0.4 is 5.32 Å². The van der Waals surface area contributed by atoms with Gasteiger partial charge in [0.1, 0.15) is 5.82 Å². The molecule has 24 heavy (non-hydrogen) atoms.